The second kappa shape index (κ2) is 6.72. The third kappa shape index (κ3) is 4.24. The lowest BCUT2D eigenvalue weighted by Gasteiger charge is -2.17. The van der Waals surface area contributed by atoms with Gasteiger partial charge in [0.2, 0.25) is 0 Å². The molecule has 0 saturated carbocycles. The van der Waals surface area contributed by atoms with E-state index in [-0.39, 0.29) is 18.2 Å². The Morgan fingerprint density at radius 3 is 2.74 bits per heavy atom. The molecule has 6 nitrogen and oxygen atoms in total. The van der Waals surface area contributed by atoms with Crippen LogP contribution in [-0.2, 0) is 4.79 Å². The summed E-state index contributed by atoms with van der Waals surface area (Å²) in [5.74, 6) is -0.916. The second-order valence-corrected chi connectivity index (χ2v) is 4.46. The molecule has 0 fully saturated rings. The molecule has 0 aromatic heterocycles. The number of carbonyl (C=O) groups is 1. The van der Waals surface area contributed by atoms with E-state index in [4.69, 9.17) is 5.11 Å². The van der Waals surface area contributed by atoms with Crippen LogP contribution in [0.15, 0.2) is 18.2 Å². The summed E-state index contributed by atoms with van der Waals surface area (Å²) < 4.78 is 0. The minimum absolute atomic E-state index is 0.00833. The van der Waals surface area contributed by atoms with Crippen LogP contribution in [0, 0.1) is 17.0 Å². The number of aryl methyl sites for hydroxylation is 1. The Kier molecular flexibility index (Phi) is 5.29. The first kappa shape index (κ1) is 14.9. The molecule has 0 aliphatic rings. The van der Waals surface area contributed by atoms with E-state index in [1.807, 2.05) is 6.92 Å². The Morgan fingerprint density at radius 2 is 2.21 bits per heavy atom. The standard InChI is InChI=1S/C13H18N2O4/c1-3-5-10(8-12(16)17)14-11-7-4-6-9(2)13(11)15(18)19/h4,6-7,10,14H,3,5,8H2,1-2H3,(H,16,17). The van der Waals surface area contributed by atoms with Crippen LogP contribution in [0.3, 0.4) is 0 Å². The molecule has 1 unspecified atom stereocenters. The van der Waals surface area contributed by atoms with Gasteiger partial charge in [-0.15, -0.1) is 0 Å². The predicted octanol–water partition coefficient (Wildman–Crippen LogP) is 2.96. The molecule has 0 radical (unpaired) electrons. The van der Waals surface area contributed by atoms with Crippen LogP contribution in [-0.4, -0.2) is 22.0 Å². The zero-order valence-electron chi connectivity index (χ0n) is 11.0. The van der Waals surface area contributed by atoms with Crippen LogP contribution in [0.25, 0.3) is 0 Å². The van der Waals surface area contributed by atoms with E-state index in [0.717, 1.165) is 6.42 Å². The van der Waals surface area contributed by atoms with Gasteiger partial charge in [0.25, 0.3) is 5.69 Å². The van der Waals surface area contributed by atoms with Crippen LogP contribution >= 0.6 is 0 Å². The number of nitrogens with zero attached hydrogens (tertiary/aromatic N) is 1. The molecule has 2 N–H and O–H groups in total. The maximum Gasteiger partial charge on any atom is 0.305 e. The van der Waals surface area contributed by atoms with Crippen molar-refractivity contribution in [2.75, 3.05) is 5.32 Å². The van der Waals surface area contributed by atoms with Crippen molar-refractivity contribution in [3.8, 4) is 0 Å². The van der Waals surface area contributed by atoms with Crippen molar-refractivity contribution >= 4 is 17.3 Å². The predicted molar refractivity (Wildman–Crippen MR) is 72.4 cm³/mol. The molecule has 1 aromatic rings. The Labute approximate surface area is 111 Å². The topological polar surface area (TPSA) is 92.5 Å². The van der Waals surface area contributed by atoms with E-state index >= 15 is 0 Å². The highest BCUT2D eigenvalue weighted by Crippen LogP contribution is 2.29. The highest BCUT2D eigenvalue weighted by Gasteiger charge is 2.20. The number of carboxylic acids is 1. The minimum atomic E-state index is -0.916. The summed E-state index contributed by atoms with van der Waals surface area (Å²) >= 11 is 0. The summed E-state index contributed by atoms with van der Waals surface area (Å²) in [5, 5.41) is 22.9. The quantitative estimate of drug-likeness (QED) is 0.584. The zero-order valence-corrected chi connectivity index (χ0v) is 11.0. The molecule has 0 saturated heterocycles. The van der Waals surface area contributed by atoms with Crippen molar-refractivity contribution in [1.29, 1.82) is 0 Å². The summed E-state index contributed by atoms with van der Waals surface area (Å²) in [6.07, 6.45) is 1.40. The van der Waals surface area contributed by atoms with Crippen molar-refractivity contribution in [2.45, 2.75) is 39.2 Å². The van der Waals surface area contributed by atoms with Crippen LogP contribution < -0.4 is 5.32 Å². The molecule has 0 aliphatic carbocycles. The van der Waals surface area contributed by atoms with Gasteiger partial charge in [-0.2, -0.15) is 0 Å². The molecule has 0 aliphatic heterocycles. The number of hydrogen-bond donors (Lipinski definition) is 2. The van der Waals surface area contributed by atoms with Crippen LogP contribution in [0.4, 0.5) is 11.4 Å². The Balaban J connectivity index is 2.98. The van der Waals surface area contributed by atoms with Gasteiger partial charge in [-0.25, -0.2) is 0 Å². The number of carboxylic acid groups (broad SMARTS) is 1. The normalized spacial score (nSPS) is 11.9. The molecule has 0 spiro atoms. The molecule has 104 valence electrons. The average Bonchev–Trinajstić information content (AvgIpc) is 2.27. The highest BCUT2D eigenvalue weighted by molar-refractivity contribution is 5.70. The van der Waals surface area contributed by atoms with E-state index in [2.05, 4.69) is 5.32 Å². The third-order valence-electron chi connectivity index (χ3n) is 2.84. The SMILES string of the molecule is CCCC(CC(=O)O)Nc1cccc(C)c1[N+](=O)[O-]. The summed E-state index contributed by atoms with van der Waals surface area (Å²) in [4.78, 5) is 21.4. The number of aliphatic carboxylic acids is 1. The second-order valence-electron chi connectivity index (χ2n) is 4.46. The number of anilines is 1. The van der Waals surface area contributed by atoms with Gasteiger partial charge in [0.05, 0.1) is 11.3 Å². The molecule has 1 rings (SSSR count). The lowest BCUT2D eigenvalue weighted by atomic mass is 10.1. The first-order valence-electron chi connectivity index (χ1n) is 6.18. The van der Waals surface area contributed by atoms with Gasteiger partial charge < -0.3 is 10.4 Å². The van der Waals surface area contributed by atoms with Crippen molar-refractivity contribution in [2.24, 2.45) is 0 Å². The van der Waals surface area contributed by atoms with Crippen LogP contribution in [0.2, 0.25) is 0 Å². The number of nitro benzene ring substituents is 1. The van der Waals surface area contributed by atoms with Gasteiger partial charge in [0.15, 0.2) is 0 Å². The lowest BCUT2D eigenvalue weighted by molar-refractivity contribution is -0.384. The summed E-state index contributed by atoms with van der Waals surface area (Å²) in [6, 6.07) is 4.68. The fourth-order valence-corrected chi connectivity index (χ4v) is 2.02. The van der Waals surface area contributed by atoms with Crippen LogP contribution in [0.1, 0.15) is 31.7 Å². The number of rotatable bonds is 7. The zero-order chi connectivity index (χ0) is 14.4. The molecule has 19 heavy (non-hydrogen) atoms. The fourth-order valence-electron chi connectivity index (χ4n) is 2.02. The monoisotopic (exact) mass is 266 g/mol. The highest BCUT2D eigenvalue weighted by atomic mass is 16.6. The van der Waals surface area contributed by atoms with Gasteiger partial charge in [-0.1, -0.05) is 25.5 Å². The van der Waals surface area contributed by atoms with E-state index < -0.39 is 10.9 Å². The first-order valence-corrected chi connectivity index (χ1v) is 6.18. The summed E-state index contributed by atoms with van der Waals surface area (Å²) in [6.45, 7) is 3.61. The van der Waals surface area contributed by atoms with Gasteiger partial charge in [0, 0.05) is 11.6 Å². The van der Waals surface area contributed by atoms with E-state index in [1.165, 1.54) is 0 Å². The number of nitro groups is 1. The molecule has 1 atom stereocenters. The maximum atomic E-state index is 11.1. The number of nitrogens with one attached hydrogen (secondary N) is 1. The lowest BCUT2D eigenvalue weighted by Crippen LogP contribution is -2.23. The maximum absolute atomic E-state index is 11.1. The number of para-hydroxylation sites is 1. The van der Waals surface area contributed by atoms with Gasteiger partial charge in [-0.05, 0) is 19.4 Å². The molecule has 0 amide bonds. The van der Waals surface area contributed by atoms with Crippen molar-refractivity contribution in [3.05, 3.63) is 33.9 Å². The van der Waals surface area contributed by atoms with E-state index in [0.29, 0.717) is 17.7 Å². The fraction of sp³-hybridized carbons (Fsp3) is 0.462. The molecule has 1 aromatic carbocycles. The molecule has 6 heteroatoms. The van der Waals surface area contributed by atoms with Crippen LogP contribution in [0.5, 0.6) is 0 Å². The van der Waals surface area contributed by atoms with Gasteiger partial charge in [0.1, 0.15) is 5.69 Å². The molecule has 0 heterocycles. The average molecular weight is 266 g/mol. The first-order chi connectivity index (χ1) is 8.95. The Hall–Kier alpha value is -2.11. The van der Waals surface area contributed by atoms with Gasteiger partial charge >= 0.3 is 5.97 Å². The Morgan fingerprint density at radius 1 is 1.53 bits per heavy atom. The van der Waals surface area contributed by atoms with Gasteiger partial charge in [-0.3, -0.25) is 14.9 Å². The third-order valence-corrected chi connectivity index (χ3v) is 2.84. The van der Waals surface area contributed by atoms with E-state index in [9.17, 15) is 14.9 Å². The number of hydrogen-bond acceptors (Lipinski definition) is 4. The molecule has 0 bridgehead atoms. The number of benzene rings is 1. The van der Waals surface area contributed by atoms with Crippen molar-refractivity contribution in [3.63, 3.8) is 0 Å². The van der Waals surface area contributed by atoms with E-state index in [1.54, 1.807) is 25.1 Å². The summed E-state index contributed by atoms with van der Waals surface area (Å²) in [7, 11) is 0. The van der Waals surface area contributed by atoms with Crippen molar-refractivity contribution < 1.29 is 14.8 Å². The largest absolute Gasteiger partial charge is 0.481 e. The molecular weight excluding hydrogens is 248 g/mol. The smallest absolute Gasteiger partial charge is 0.305 e. The molecular formula is C13H18N2O4. The van der Waals surface area contributed by atoms with Crippen molar-refractivity contribution in [1.82, 2.24) is 0 Å². The Bertz CT molecular complexity index is 474. The summed E-state index contributed by atoms with van der Waals surface area (Å²) in [5.41, 5.74) is 0.944. The minimum Gasteiger partial charge on any atom is -0.481 e.